The van der Waals surface area contributed by atoms with Crippen molar-refractivity contribution >= 4 is 23.1 Å². The van der Waals surface area contributed by atoms with Gasteiger partial charge in [-0.05, 0) is 19.4 Å². The van der Waals surface area contributed by atoms with Crippen LogP contribution in [0.4, 0.5) is 8.78 Å². The molecule has 4 aliphatic rings. The molecule has 0 aromatic carbocycles. The van der Waals surface area contributed by atoms with Crippen molar-refractivity contribution in [2.24, 2.45) is 10.9 Å². The van der Waals surface area contributed by atoms with E-state index in [1.54, 1.807) is 15.9 Å². The number of amides is 2. The number of hydrogen-bond donors (Lipinski definition) is 0. The smallest absolute Gasteiger partial charge is 0.283 e. The Morgan fingerprint density at radius 1 is 1.29 bits per heavy atom. The van der Waals surface area contributed by atoms with Gasteiger partial charge < -0.3 is 14.4 Å². The molecular weight excluding hydrogens is 460 g/mol. The molecule has 2 saturated heterocycles. The topological polar surface area (TPSA) is 89.3 Å². The lowest BCUT2D eigenvalue weighted by Gasteiger charge is -2.38. The zero-order valence-corrected chi connectivity index (χ0v) is 19.9. The first-order valence-electron chi connectivity index (χ1n) is 11.8. The first kappa shape index (κ1) is 24.0. The van der Waals surface area contributed by atoms with Gasteiger partial charge in [0.05, 0.1) is 48.3 Å². The number of nitrogens with zero attached hydrogens (tertiary/aromatic N) is 5. The molecular formula is C24H29F2N5O4. The first-order valence-corrected chi connectivity index (χ1v) is 11.8. The molecule has 0 saturated carbocycles. The number of fused-ring (bicyclic) bond motifs is 3. The summed E-state index contributed by atoms with van der Waals surface area (Å²) in [5, 5.41) is 4.46. The van der Waals surface area contributed by atoms with E-state index >= 15 is 0 Å². The third-order valence-electron chi connectivity index (χ3n) is 6.98. The van der Waals surface area contributed by atoms with Crippen molar-refractivity contribution < 1.29 is 27.8 Å². The van der Waals surface area contributed by atoms with E-state index in [0.29, 0.717) is 56.4 Å². The van der Waals surface area contributed by atoms with Gasteiger partial charge in [-0.15, -0.1) is 0 Å². The monoisotopic (exact) mass is 489 g/mol. The van der Waals surface area contributed by atoms with Crippen LogP contribution in [-0.4, -0.2) is 103 Å². The van der Waals surface area contributed by atoms with E-state index in [1.807, 2.05) is 17.7 Å². The molecule has 0 bridgehead atoms. The predicted octanol–water partition coefficient (Wildman–Crippen LogP) is 1.82. The Morgan fingerprint density at radius 3 is 2.74 bits per heavy atom. The van der Waals surface area contributed by atoms with Crippen LogP contribution >= 0.6 is 0 Å². The van der Waals surface area contributed by atoms with Gasteiger partial charge in [0.25, 0.3) is 11.8 Å². The van der Waals surface area contributed by atoms with Crippen molar-refractivity contribution in [2.45, 2.75) is 25.3 Å². The van der Waals surface area contributed by atoms with Gasteiger partial charge in [-0.3, -0.25) is 19.2 Å². The van der Waals surface area contributed by atoms with Crippen LogP contribution in [0.25, 0.3) is 5.57 Å². The Bertz CT molecular complexity index is 1110. The Kier molecular flexibility index (Phi) is 6.41. The number of rotatable bonds is 6. The minimum atomic E-state index is -2.92. The summed E-state index contributed by atoms with van der Waals surface area (Å²) in [6, 6.07) is 0.0252. The molecule has 1 aromatic heterocycles. The maximum atomic E-state index is 13.9. The summed E-state index contributed by atoms with van der Waals surface area (Å²) in [6.45, 7) is 3.48. The molecule has 4 heterocycles. The molecule has 1 aliphatic carbocycles. The maximum Gasteiger partial charge on any atom is 0.283 e. The highest BCUT2D eigenvalue weighted by Gasteiger charge is 2.38. The summed E-state index contributed by atoms with van der Waals surface area (Å²) in [5.41, 5.74) is 3.16. The number of carbonyl (C=O) groups excluding carboxylic acids is 2. The Morgan fingerprint density at radius 2 is 2.06 bits per heavy atom. The second-order valence-corrected chi connectivity index (χ2v) is 9.51. The zero-order valence-electron chi connectivity index (χ0n) is 19.9. The highest BCUT2D eigenvalue weighted by molar-refractivity contribution is 6.36. The van der Waals surface area contributed by atoms with Crippen molar-refractivity contribution in [3.8, 4) is 0 Å². The third-order valence-corrected chi connectivity index (χ3v) is 6.98. The van der Waals surface area contributed by atoms with Crippen LogP contribution in [0.2, 0.25) is 0 Å². The van der Waals surface area contributed by atoms with Gasteiger partial charge in [0.1, 0.15) is 6.61 Å². The molecule has 1 unspecified atom stereocenters. The van der Waals surface area contributed by atoms with Gasteiger partial charge in [-0.2, -0.15) is 5.10 Å². The Labute approximate surface area is 202 Å². The summed E-state index contributed by atoms with van der Waals surface area (Å²) in [6.07, 6.45) is 6.00. The molecule has 2 fully saturated rings. The normalized spacial score (nSPS) is 25.1. The predicted molar refractivity (Wildman–Crippen MR) is 124 cm³/mol. The van der Waals surface area contributed by atoms with Crippen molar-refractivity contribution in [2.75, 3.05) is 59.7 Å². The van der Waals surface area contributed by atoms with Gasteiger partial charge in [0, 0.05) is 45.5 Å². The molecule has 35 heavy (non-hydrogen) atoms. The van der Waals surface area contributed by atoms with E-state index in [0.717, 1.165) is 17.6 Å². The van der Waals surface area contributed by atoms with E-state index in [-0.39, 0.29) is 24.4 Å². The number of ether oxygens (including phenoxy) is 2. The minimum absolute atomic E-state index is 0.0252. The molecule has 3 aliphatic heterocycles. The molecule has 5 rings (SSSR count). The van der Waals surface area contributed by atoms with Crippen LogP contribution in [0, 0.1) is 5.92 Å². The van der Waals surface area contributed by atoms with E-state index in [2.05, 4.69) is 14.8 Å². The number of carbonyl (C=O) groups is 2. The summed E-state index contributed by atoms with van der Waals surface area (Å²) >= 11 is 0. The molecule has 9 nitrogen and oxygen atoms in total. The largest absolute Gasteiger partial charge is 0.379 e. The average Bonchev–Trinajstić information content (AvgIpc) is 3.49. The molecule has 1 aromatic rings. The third kappa shape index (κ3) is 4.60. The fourth-order valence-electron chi connectivity index (χ4n) is 5.18. The van der Waals surface area contributed by atoms with E-state index in [4.69, 9.17) is 4.74 Å². The van der Waals surface area contributed by atoms with Crippen molar-refractivity contribution in [3.63, 3.8) is 0 Å². The SMILES string of the molecule is COCC(F)(F)CN1CCN(C(=O)C2C=C3C(=NC(=O)c4cnn([C@H]5CCOC5)c43)C=C2C)CC1. The highest BCUT2D eigenvalue weighted by Crippen LogP contribution is 2.36. The molecule has 188 valence electrons. The second kappa shape index (κ2) is 9.36. The number of halogens is 2. The number of allylic oxidation sites excluding steroid dienone is 2. The van der Waals surface area contributed by atoms with Gasteiger partial charge in [-0.1, -0.05) is 11.6 Å². The lowest BCUT2D eigenvalue weighted by atomic mass is 9.84. The number of piperazine rings is 1. The lowest BCUT2D eigenvalue weighted by Crippen LogP contribution is -2.53. The van der Waals surface area contributed by atoms with Gasteiger partial charge in [0.15, 0.2) is 0 Å². The van der Waals surface area contributed by atoms with Gasteiger partial charge in [-0.25, -0.2) is 13.8 Å². The fraction of sp³-hybridized carbons (Fsp3) is 0.583. The van der Waals surface area contributed by atoms with E-state index in [1.165, 1.54) is 13.3 Å². The quantitative estimate of drug-likeness (QED) is 0.606. The number of alkyl halides is 2. The molecule has 0 spiro atoms. The zero-order chi connectivity index (χ0) is 24.7. The molecule has 0 N–H and O–H groups in total. The van der Waals surface area contributed by atoms with Crippen LogP contribution in [0.15, 0.2) is 28.9 Å². The molecule has 11 heteroatoms. The van der Waals surface area contributed by atoms with Crippen LogP contribution in [0.5, 0.6) is 0 Å². The number of methoxy groups -OCH3 is 1. The van der Waals surface area contributed by atoms with Gasteiger partial charge in [0.2, 0.25) is 5.91 Å². The Hall–Kier alpha value is -2.76. The highest BCUT2D eigenvalue weighted by atomic mass is 19.3. The maximum absolute atomic E-state index is 13.9. The van der Waals surface area contributed by atoms with Crippen molar-refractivity contribution in [1.29, 1.82) is 0 Å². The number of aliphatic imine (C=N–C) groups is 1. The van der Waals surface area contributed by atoms with Crippen LogP contribution in [0.3, 0.4) is 0 Å². The standard InChI is InChI=1S/C24H29F2N5O4/c1-15-9-20-18(21-19(22(32)28-20)11-27-31(21)16-3-8-35-12-16)10-17(15)23(33)30-6-4-29(5-7-30)13-24(25,26)14-34-2/h9-11,16-17H,3-8,12-14H2,1-2H3/t16-,17?/m0/s1. The first-order chi connectivity index (χ1) is 16.8. The minimum Gasteiger partial charge on any atom is -0.379 e. The van der Waals surface area contributed by atoms with E-state index in [9.17, 15) is 18.4 Å². The lowest BCUT2D eigenvalue weighted by molar-refractivity contribution is -0.136. The van der Waals surface area contributed by atoms with Crippen molar-refractivity contribution in [1.82, 2.24) is 19.6 Å². The molecule has 2 amide bonds. The van der Waals surface area contributed by atoms with Crippen molar-refractivity contribution in [3.05, 3.63) is 35.2 Å². The van der Waals surface area contributed by atoms with Crippen LogP contribution in [-0.2, 0) is 14.3 Å². The average molecular weight is 490 g/mol. The second-order valence-electron chi connectivity index (χ2n) is 9.51. The summed E-state index contributed by atoms with van der Waals surface area (Å²) < 4.78 is 39.8. The summed E-state index contributed by atoms with van der Waals surface area (Å²) in [7, 11) is 1.26. The summed E-state index contributed by atoms with van der Waals surface area (Å²) in [5.74, 6) is -3.86. The number of hydrogen-bond acceptors (Lipinski definition) is 6. The van der Waals surface area contributed by atoms with Gasteiger partial charge >= 0.3 is 0 Å². The number of aromatic nitrogens is 2. The summed E-state index contributed by atoms with van der Waals surface area (Å²) in [4.78, 5) is 33.8. The fourth-order valence-corrected chi connectivity index (χ4v) is 5.18. The molecule has 2 atom stereocenters. The molecule has 0 radical (unpaired) electrons. The Balaban J connectivity index is 1.35. The van der Waals surface area contributed by atoms with Crippen LogP contribution < -0.4 is 0 Å². The van der Waals surface area contributed by atoms with E-state index < -0.39 is 18.4 Å². The van der Waals surface area contributed by atoms with Crippen LogP contribution in [0.1, 0.15) is 35.4 Å².